The molecule has 0 saturated carbocycles. The van der Waals surface area contributed by atoms with Crippen molar-refractivity contribution >= 4 is 17.5 Å². The molecule has 0 spiro atoms. The lowest BCUT2D eigenvalue weighted by atomic mass is 10.1. The number of hydrogen-bond donors (Lipinski definition) is 2. The third-order valence-electron chi connectivity index (χ3n) is 4.81. The highest BCUT2D eigenvalue weighted by molar-refractivity contribution is 5.95. The first-order chi connectivity index (χ1) is 14.0. The molecule has 0 bridgehead atoms. The van der Waals surface area contributed by atoms with Gasteiger partial charge < -0.3 is 10.6 Å². The Morgan fingerprint density at radius 1 is 1.03 bits per heavy atom. The molecule has 0 fully saturated rings. The normalized spacial score (nSPS) is 11.7. The zero-order valence-corrected chi connectivity index (χ0v) is 17.0. The Hall–Kier alpha value is -3.41. The zero-order chi connectivity index (χ0) is 20.8. The molecule has 6 nitrogen and oxygen atoms in total. The van der Waals surface area contributed by atoms with Crippen molar-refractivity contribution in [1.82, 2.24) is 15.1 Å². The van der Waals surface area contributed by atoms with Crippen molar-refractivity contribution in [2.45, 2.75) is 39.7 Å². The van der Waals surface area contributed by atoms with Gasteiger partial charge in [-0.05, 0) is 43.2 Å². The maximum absolute atomic E-state index is 12.9. The second-order valence-corrected chi connectivity index (χ2v) is 6.82. The third kappa shape index (κ3) is 4.71. The van der Waals surface area contributed by atoms with Gasteiger partial charge in [-0.15, -0.1) is 0 Å². The molecule has 6 heteroatoms. The summed E-state index contributed by atoms with van der Waals surface area (Å²) in [4.78, 5) is 24.4. The first kappa shape index (κ1) is 20.3. The predicted molar refractivity (Wildman–Crippen MR) is 114 cm³/mol. The van der Waals surface area contributed by atoms with Crippen LogP contribution in [0.25, 0.3) is 5.69 Å². The van der Waals surface area contributed by atoms with Crippen LogP contribution in [0.1, 0.15) is 54.8 Å². The Morgan fingerprint density at radius 2 is 1.72 bits per heavy atom. The van der Waals surface area contributed by atoms with Gasteiger partial charge in [0.2, 0.25) is 5.91 Å². The standard InChI is InChI=1S/C23H26N4O2/c1-4-21-20(15-24-27(21)19-9-7-6-8-10-19)23(29)25-16(3)17-11-13-18(14-12-17)26-22(28)5-2/h6-16H,4-5H2,1-3H3,(H,25,29)(H,26,28). The van der Waals surface area contributed by atoms with Gasteiger partial charge in [-0.1, -0.05) is 44.2 Å². The van der Waals surface area contributed by atoms with Gasteiger partial charge in [-0.3, -0.25) is 9.59 Å². The van der Waals surface area contributed by atoms with Crippen molar-refractivity contribution in [2.24, 2.45) is 0 Å². The number of carbonyl (C=O) groups is 2. The lowest BCUT2D eigenvalue weighted by molar-refractivity contribution is -0.115. The van der Waals surface area contributed by atoms with Gasteiger partial charge in [0.25, 0.3) is 5.91 Å². The molecule has 0 aliphatic carbocycles. The van der Waals surface area contributed by atoms with Gasteiger partial charge in [0.1, 0.15) is 0 Å². The minimum atomic E-state index is -0.178. The summed E-state index contributed by atoms with van der Waals surface area (Å²) in [5, 5.41) is 10.3. The van der Waals surface area contributed by atoms with E-state index in [1.54, 1.807) is 6.20 Å². The molecule has 0 aliphatic heterocycles. The van der Waals surface area contributed by atoms with Crippen LogP contribution in [0.4, 0.5) is 5.69 Å². The summed E-state index contributed by atoms with van der Waals surface area (Å²) in [6.45, 7) is 5.76. The molecule has 0 aliphatic rings. The van der Waals surface area contributed by atoms with Crippen molar-refractivity contribution in [3.05, 3.63) is 77.6 Å². The van der Waals surface area contributed by atoms with Crippen LogP contribution in [0.3, 0.4) is 0 Å². The number of benzene rings is 2. The summed E-state index contributed by atoms with van der Waals surface area (Å²) in [7, 11) is 0. The fraction of sp³-hybridized carbons (Fsp3) is 0.261. The predicted octanol–water partition coefficient (Wildman–Crippen LogP) is 4.27. The van der Waals surface area contributed by atoms with E-state index in [4.69, 9.17) is 0 Å². The molecule has 3 aromatic rings. The van der Waals surface area contributed by atoms with E-state index in [0.29, 0.717) is 18.4 Å². The molecule has 2 amide bonds. The number of para-hydroxylation sites is 1. The number of carbonyl (C=O) groups excluding carboxylic acids is 2. The molecular weight excluding hydrogens is 364 g/mol. The highest BCUT2D eigenvalue weighted by Gasteiger charge is 2.19. The van der Waals surface area contributed by atoms with E-state index in [9.17, 15) is 9.59 Å². The molecule has 150 valence electrons. The number of nitrogens with one attached hydrogen (secondary N) is 2. The Kier molecular flexibility index (Phi) is 6.44. The van der Waals surface area contributed by atoms with Gasteiger partial charge in [-0.2, -0.15) is 5.10 Å². The van der Waals surface area contributed by atoms with Crippen LogP contribution >= 0.6 is 0 Å². The van der Waals surface area contributed by atoms with Gasteiger partial charge in [0.15, 0.2) is 0 Å². The van der Waals surface area contributed by atoms with Crippen LogP contribution < -0.4 is 10.6 Å². The van der Waals surface area contributed by atoms with Crippen LogP contribution in [-0.2, 0) is 11.2 Å². The smallest absolute Gasteiger partial charge is 0.255 e. The monoisotopic (exact) mass is 390 g/mol. The first-order valence-corrected chi connectivity index (χ1v) is 9.86. The van der Waals surface area contributed by atoms with Gasteiger partial charge in [0, 0.05) is 12.1 Å². The number of nitrogens with zero attached hydrogens (tertiary/aromatic N) is 2. The van der Waals surface area contributed by atoms with Crippen LogP contribution in [0.2, 0.25) is 0 Å². The lowest BCUT2D eigenvalue weighted by Crippen LogP contribution is -2.27. The molecule has 2 aromatic carbocycles. The summed E-state index contributed by atoms with van der Waals surface area (Å²) in [5.41, 5.74) is 4.09. The van der Waals surface area contributed by atoms with E-state index >= 15 is 0 Å². The molecule has 0 radical (unpaired) electrons. The van der Waals surface area contributed by atoms with E-state index in [-0.39, 0.29) is 17.9 Å². The van der Waals surface area contributed by atoms with E-state index in [1.165, 1.54) is 0 Å². The van der Waals surface area contributed by atoms with Crippen LogP contribution in [0, 0.1) is 0 Å². The molecule has 2 N–H and O–H groups in total. The fourth-order valence-corrected chi connectivity index (χ4v) is 3.16. The highest BCUT2D eigenvalue weighted by atomic mass is 16.2. The number of anilines is 1. The average molecular weight is 390 g/mol. The minimum Gasteiger partial charge on any atom is -0.345 e. The molecule has 1 atom stereocenters. The maximum atomic E-state index is 12.9. The average Bonchev–Trinajstić information content (AvgIpc) is 3.19. The molecule has 1 unspecified atom stereocenters. The minimum absolute atomic E-state index is 0.0263. The second kappa shape index (κ2) is 9.19. The topological polar surface area (TPSA) is 76.0 Å². The van der Waals surface area contributed by atoms with Gasteiger partial charge in [-0.25, -0.2) is 4.68 Å². The number of aromatic nitrogens is 2. The molecular formula is C23H26N4O2. The zero-order valence-electron chi connectivity index (χ0n) is 17.0. The van der Waals surface area contributed by atoms with Crippen LogP contribution in [0.15, 0.2) is 60.8 Å². The number of amides is 2. The first-order valence-electron chi connectivity index (χ1n) is 9.86. The summed E-state index contributed by atoms with van der Waals surface area (Å²) >= 11 is 0. The van der Waals surface area contributed by atoms with Crippen LogP contribution in [0.5, 0.6) is 0 Å². The summed E-state index contributed by atoms with van der Waals surface area (Å²) < 4.78 is 1.81. The van der Waals surface area contributed by atoms with E-state index < -0.39 is 0 Å². The number of hydrogen-bond acceptors (Lipinski definition) is 3. The third-order valence-corrected chi connectivity index (χ3v) is 4.81. The van der Waals surface area contributed by atoms with Crippen molar-refractivity contribution in [2.75, 3.05) is 5.32 Å². The highest BCUT2D eigenvalue weighted by Crippen LogP contribution is 2.19. The Morgan fingerprint density at radius 3 is 2.34 bits per heavy atom. The largest absolute Gasteiger partial charge is 0.345 e. The Labute approximate surface area is 170 Å². The van der Waals surface area contributed by atoms with E-state index in [1.807, 2.05) is 80.1 Å². The SMILES string of the molecule is CCC(=O)Nc1ccc(C(C)NC(=O)c2cnn(-c3ccccc3)c2CC)cc1. The maximum Gasteiger partial charge on any atom is 0.255 e. The second-order valence-electron chi connectivity index (χ2n) is 6.82. The molecule has 3 rings (SSSR count). The van der Waals surface area contributed by atoms with E-state index in [0.717, 1.165) is 22.6 Å². The van der Waals surface area contributed by atoms with Crippen LogP contribution in [-0.4, -0.2) is 21.6 Å². The van der Waals surface area contributed by atoms with Crippen molar-refractivity contribution in [3.63, 3.8) is 0 Å². The summed E-state index contributed by atoms with van der Waals surface area (Å²) in [5.74, 6) is -0.179. The quantitative estimate of drug-likeness (QED) is 0.632. The van der Waals surface area contributed by atoms with Gasteiger partial charge in [0.05, 0.1) is 29.2 Å². The molecule has 29 heavy (non-hydrogen) atoms. The summed E-state index contributed by atoms with van der Waals surface area (Å²) in [6.07, 6.45) is 2.75. The molecule has 0 saturated heterocycles. The van der Waals surface area contributed by atoms with E-state index in [2.05, 4.69) is 15.7 Å². The number of rotatable bonds is 7. The van der Waals surface area contributed by atoms with Crippen molar-refractivity contribution in [1.29, 1.82) is 0 Å². The Balaban J connectivity index is 1.73. The summed E-state index contributed by atoms with van der Waals surface area (Å²) in [6, 6.07) is 17.1. The Bertz CT molecular complexity index is 978. The lowest BCUT2D eigenvalue weighted by Gasteiger charge is -2.15. The van der Waals surface area contributed by atoms with Gasteiger partial charge >= 0.3 is 0 Å². The van der Waals surface area contributed by atoms with Crippen molar-refractivity contribution < 1.29 is 9.59 Å². The van der Waals surface area contributed by atoms with Crippen molar-refractivity contribution in [3.8, 4) is 5.69 Å². The molecule has 1 heterocycles. The molecule has 1 aromatic heterocycles. The fourth-order valence-electron chi connectivity index (χ4n) is 3.16.